The van der Waals surface area contributed by atoms with Crippen molar-refractivity contribution in [1.29, 1.82) is 5.26 Å². The zero-order valence-electron chi connectivity index (χ0n) is 18.9. The number of fused-ring (bicyclic) bond motifs is 1. The van der Waals surface area contributed by atoms with Crippen molar-refractivity contribution in [3.8, 4) is 28.3 Å². The number of nitrogens with two attached hydrogens (primary N) is 1. The Hall–Kier alpha value is -3.22. The molecule has 6 rings (SSSR count). The third-order valence-corrected chi connectivity index (χ3v) is 8.65. The molecule has 0 amide bonds. The molecule has 8 nitrogen and oxygen atoms in total. The largest absolute Gasteiger partial charge is 0.383 e. The number of benzene rings is 1. The van der Waals surface area contributed by atoms with E-state index in [0.29, 0.717) is 25.1 Å². The van der Waals surface area contributed by atoms with Gasteiger partial charge in [0, 0.05) is 41.7 Å². The fourth-order valence-electron chi connectivity index (χ4n) is 5.46. The molecule has 3 aromatic rings. The van der Waals surface area contributed by atoms with Crippen molar-refractivity contribution in [1.82, 2.24) is 19.5 Å². The summed E-state index contributed by atoms with van der Waals surface area (Å²) in [5.41, 5.74) is 10.3. The molecule has 170 valence electrons. The van der Waals surface area contributed by atoms with Gasteiger partial charge in [0.05, 0.1) is 22.1 Å². The number of nitrogens with zero attached hydrogens (tertiary/aromatic N) is 4. The fourth-order valence-corrected chi connectivity index (χ4v) is 6.91. The van der Waals surface area contributed by atoms with E-state index in [2.05, 4.69) is 20.9 Å². The second-order valence-electron chi connectivity index (χ2n) is 9.57. The molecule has 3 saturated carbocycles. The van der Waals surface area contributed by atoms with Gasteiger partial charge in [-0.3, -0.25) is 4.68 Å². The van der Waals surface area contributed by atoms with Crippen LogP contribution in [-0.2, 0) is 17.1 Å². The molecule has 1 aromatic carbocycles. The van der Waals surface area contributed by atoms with E-state index in [4.69, 9.17) is 5.73 Å². The van der Waals surface area contributed by atoms with Gasteiger partial charge in [0.1, 0.15) is 5.82 Å². The Kier molecular flexibility index (Phi) is 4.68. The van der Waals surface area contributed by atoms with Crippen molar-refractivity contribution >= 4 is 15.8 Å². The maximum atomic E-state index is 13.3. The SMILES string of the molecule is Cc1ccc(S(=O)(=O)NC23CCC(C#N)(C2)C3)cc1-c1cnc(N)c(-c2cn(C)nc2C)c1. The maximum Gasteiger partial charge on any atom is 0.241 e. The summed E-state index contributed by atoms with van der Waals surface area (Å²) in [5.74, 6) is 0.393. The number of sulfonamides is 1. The lowest BCUT2D eigenvalue weighted by molar-refractivity contribution is 0.161. The van der Waals surface area contributed by atoms with E-state index in [1.165, 1.54) is 0 Å². The first-order valence-electron chi connectivity index (χ1n) is 10.9. The van der Waals surface area contributed by atoms with Gasteiger partial charge in [-0.15, -0.1) is 0 Å². The quantitative estimate of drug-likeness (QED) is 0.598. The van der Waals surface area contributed by atoms with Gasteiger partial charge in [-0.25, -0.2) is 18.1 Å². The van der Waals surface area contributed by atoms with Crippen molar-refractivity contribution in [2.45, 2.75) is 50.0 Å². The molecular formula is C24H26N6O2S. The van der Waals surface area contributed by atoms with Crippen LogP contribution >= 0.6 is 0 Å². The molecule has 2 heterocycles. The summed E-state index contributed by atoms with van der Waals surface area (Å²) in [4.78, 5) is 4.58. The Morgan fingerprint density at radius 3 is 2.55 bits per heavy atom. The molecule has 0 saturated heterocycles. The summed E-state index contributed by atoms with van der Waals surface area (Å²) in [7, 11) is -1.89. The molecule has 0 radical (unpaired) electrons. The number of nitrogens with one attached hydrogen (secondary N) is 1. The van der Waals surface area contributed by atoms with Crippen LogP contribution in [0.4, 0.5) is 5.82 Å². The Morgan fingerprint density at radius 1 is 1.15 bits per heavy atom. The first-order chi connectivity index (χ1) is 15.6. The molecular weight excluding hydrogens is 436 g/mol. The molecule has 0 unspecified atom stereocenters. The van der Waals surface area contributed by atoms with Crippen LogP contribution in [0.2, 0.25) is 0 Å². The summed E-state index contributed by atoms with van der Waals surface area (Å²) >= 11 is 0. The van der Waals surface area contributed by atoms with Crippen molar-refractivity contribution < 1.29 is 8.42 Å². The lowest BCUT2D eigenvalue weighted by Crippen LogP contribution is -2.55. The van der Waals surface area contributed by atoms with E-state index in [-0.39, 0.29) is 10.3 Å². The number of hydrogen-bond acceptors (Lipinski definition) is 6. The van der Waals surface area contributed by atoms with Crippen LogP contribution in [-0.4, -0.2) is 28.7 Å². The van der Waals surface area contributed by atoms with Crippen molar-refractivity contribution in [2.24, 2.45) is 12.5 Å². The van der Waals surface area contributed by atoms with Crippen LogP contribution in [0, 0.1) is 30.6 Å². The Morgan fingerprint density at radius 2 is 1.91 bits per heavy atom. The lowest BCUT2D eigenvalue weighted by atomic mass is 9.66. The number of rotatable bonds is 5. The van der Waals surface area contributed by atoms with Crippen LogP contribution in [0.15, 0.2) is 41.6 Å². The highest BCUT2D eigenvalue weighted by Crippen LogP contribution is 2.61. The highest BCUT2D eigenvalue weighted by atomic mass is 32.2. The van der Waals surface area contributed by atoms with E-state index < -0.39 is 15.6 Å². The third kappa shape index (κ3) is 3.50. The minimum Gasteiger partial charge on any atom is -0.383 e. The summed E-state index contributed by atoms with van der Waals surface area (Å²) in [5, 5.41) is 13.8. The van der Waals surface area contributed by atoms with Gasteiger partial charge in [-0.2, -0.15) is 10.4 Å². The minimum atomic E-state index is -3.74. The van der Waals surface area contributed by atoms with E-state index >= 15 is 0 Å². The minimum absolute atomic E-state index is 0.203. The molecule has 9 heteroatoms. The molecule has 0 spiro atoms. The van der Waals surface area contributed by atoms with Gasteiger partial charge < -0.3 is 5.73 Å². The van der Waals surface area contributed by atoms with Gasteiger partial charge in [0.25, 0.3) is 0 Å². The number of pyridine rings is 1. The first-order valence-corrected chi connectivity index (χ1v) is 12.4. The molecule has 2 aromatic heterocycles. The Labute approximate surface area is 193 Å². The zero-order valence-corrected chi connectivity index (χ0v) is 19.7. The van der Waals surface area contributed by atoms with Gasteiger partial charge in [0.2, 0.25) is 10.0 Å². The molecule has 3 aliphatic carbocycles. The fraction of sp³-hybridized carbons (Fsp3) is 0.375. The predicted octanol–water partition coefficient (Wildman–Crippen LogP) is 3.46. The standard InChI is InChI=1S/C24H26N6O2S/c1-15-4-5-18(33(31,32)29-24-7-6-23(12-24,13-24)14-25)9-19(15)17-8-20(22(26)27-10-17)21-11-30(3)28-16(21)2/h4-5,8-11,29H,6-7,12-13H2,1-3H3,(H2,26,27). The van der Waals surface area contributed by atoms with Crippen molar-refractivity contribution in [3.63, 3.8) is 0 Å². The molecule has 0 aliphatic heterocycles. The third-order valence-electron chi connectivity index (χ3n) is 7.08. The Balaban J connectivity index is 1.51. The van der Waals surface area contributed by atoms with E-state index in [1.807, 2.05) is 39.2 Å². The normalized spacial score (nSPS) is 23.8. The number of aromatic nitrogens is 3. The predicted molar refractivity (Wildman–Crippen MR) is 125 cm³/mol. The summed E-state index contributed by atoms with van der Waals surface area (Å²) in [6.45, 7) is 3.85. The van der Waals surface area contributed by atoms with Crippen LogP contribution < -0.4 is 10.5 Å². The number of nitriles is 1. The second kappa shape index (κ2) is 7.14. The highest BCUT2D eigenvalue weighted by molar-refractivity contribution is 7.89. The van der Waals surface area contributed by atoms with Crippen LogP contribution in [0.25, 0.3) is 22.3 Å². The molecule has 33 heavy (non-hydrogen) atoms. The molecule has 0 atom stereocenters. The first kappa shape index (κ1) is 21.6. The highest BCUT2D eigenvalue weighted by Gasteiger charge is 2.62. The number of nitrogen functional groups attached to an aromatic ring is 1. The van der Waals surface area contributed by atoms with Gasteiger partial charge in [0.15, 0.2) is 0 Å². The molecule has 3 aliphatic rings. The topological polar surface area (TPSA) is 127 Å². The molecule has 3 fully saturated rings. The second-order valence-corrected chi connectivity index (χ2v) is 11.2. The summed E-state index contributed by atoms with van der Waals surface area (Å²) in [6.07, 6.45) is 6.19. The van der Waals surface area contributed by atoms with Crippen LogP contribution in [0.3, 0.4) is 0 Å². The maximum absolute atomic E-state index is 13.3. The summed E-state index contributed by atoms with van der Waals surface area (Å²) < 4.78 is 31.1. The number of aryl methyl sites for hydroxylation is 3. The van der Waals surface area contributed by atoms with Gasteiger partial charge in [-0.1, -0.05) is 6.07 Å². The van der Waals surface area contributed by atoms with E-state index in [1.54, 1.807) is 23.0 Å². The number of hydrogen-bond donors (Lipinski definition) is 2. The van der Waals surface area contributed by atoms with Crippen LogP contribution in [0.1, 0.15) is 36.9 Å². The monoisotopic (exact) mass is 462 g/mol. The Bertz CT molecular complexity index is 1430. The van der Waals surface area contributed by atoms with Crippen molar-refractivity contribution in [3.05, 3.63) is 47.9 Å². The van der Waals surface area contributed by atoms with Crippen LogP contribution in [0.5, 0.6) is 0 Å². The number of anilines is 1. The van der Waals surface area contributed by atoms with Gasteiger partial charge in [-0.05, 0) is 68.9 Å². The molecule has 2 bridgehead atoms. The van der Waals surface area contributed by atoms with E-state index in [0.717, 1.165) is 39.9 Å². The lowest BCUT2D eigenvalue weighted by Gasteiger charge is -2.43. The average Bonchev–Trinajstić information content (AvgIpc) is 3.39. The summed E-state index contributed by atoms with van der Waals surface area (Å²) in [6, 6.07) is 9.42. The van der Waals surface area contributed by atoms with E-state index in [9.17, 15) is 13.7 Å². The smallest absolute Gasteiger partial charge is 0.241 e. The molecule has 3 N–H and O–H groups in total. The zero-order chi connectivity index (χ0) is 23.6. The average molecular weight is 463 g/mol. The van der Waals surface area contributed by atoms with Crippen molar-refractivity contribution in [2.75, 3.05) is 5.73 Å². The van der Waals surface area contributed by atoms with Gasteiger partial charge >= 0.3 is 0 Å².